The van der Waals surface area contributed by atoms with Gasteiger partial charge in [0.2, 0.25) is 5.89 Å². The lowest BCUT2D eigenvalue weighted by atomic mass is 9.98. The standard InChI is InChI=1S/C30H26N4O4/c1-19-12-14-33(15-13-19)26-10-8-22(17-27(26)34(36)37)29(35)31-24-9-11-28-25(18-24)32-30(38-28)23-7-6-20-4-2-3-5-21(20)16-23/h2-11,16-19H,12-15H2,1H3,(H,31,35). The van der Waals surface area contributed by atoms with Crippen molar-refractivity contribution in [1.82, 2.24) is 4.98 Å². The number of nitrogens with zero attached hydrogens (tertiary/aromatic N) is 3. The van der Waals surface area contributed by atoms with E-state index >= 15 is 0 Å². The second kappa shape index (κ2) is 9.63. The number of benzene rings is 4. The molecule has 8 nitrogen and oxygen atoms in total. The number of oxazole rings is 1. The summed E-state index contributed by atoms with van der Waals surface area (Å²) in [5.41, 5.74) is 3.32. The Bertz CT molecular complexity index is 1680. The minimum Gasteiger partial charge on any atom is -0.436 e. The molecule has 5 aromatic rings. The number of rotatable bonds is 5. The van der Waals surface area contributed by atoms with Crippen LogP contribution in [0.15, 0.2) is 83.3 Å². The van der Waals surface area contributed by atoms with Crippen molar-refractivity contribution >= 4 is 44.8 Å². The highest BCUT2D eigenvalue weighted by atomic mass is 16.6. The van der Waals surface area contributed by atoms with E-state index in [2.05, 4.69) is 23.3 Å². The molecule has 4 aromatic carbocycles. The highest BCUT2D eigenvalue weighted by Gasteiger charge is 2.25. The van der Waals surface area contributed by atoms with Gasteiger partial charge in [0.1, 0.15) is 11.2 Å². The van der Waals surface area contributed by atoms with Crippen LogP contribution in [0, 0.1) is 16.0 Å². The van der Waals surface area contributed by atoms with E-state index in [9.17, 15) is 14.9 Å². The van der Waals surface area contributed by atoms with Gasteiger partial charge in [0.25, 0.3) is 11.6 Å². The molecule has 0 radical (unpaired) electrons. The van der Waals surface area contributed by atoms with Gasteiger partial charge in [0.15, 0.2) is 5.58 Å². The molecule has 1 fully saturated rings. The maximum atomic E-state index is 13.0. The maximum Gasteiger partial charge on any atom is 0.293 e. The number of nitro benzene ring substituents is 1. The third-order valence-corrected chi connectivity index (χ3v) is 7.20. The van der Waals surface area contributed by atoms with Gasteiger partial charge < -0.3 is 14.6 Å². The van der Waals surface area contributed by atoms with Gasteiger partial charge in [-0.3, -0.25) is 14.9 Å². The van der Waals surface area contributed by atoms with Gasteiger partial charge in [-0.1, -0.05) is 37.3 Å². The second-order valence-electron chi connectivity index (χ2n) is 9.85. The van der Waals surface area contributed by atoms with Crippen molar-refractivity contribution in [2.24, 2.45) is 5.92 Å². The van der Waals surface area contributed by atoms with E-state index in [0.717, 1.165) is 42.3 Å². The van der Waals surface area contributed by atoms with Gasteiger partial charge in [0.05, 0.1) is 4.92 Å². The summed E-state index contributed by atoms with van der Waals surface area (Å²) in [7, 11) is 0. The lowest BCUT2D eigenvalue weighted by Crippen LogP contribution is -2.33. The van der Waals surface area contributed by atoms with Crippen molar-refractivity contribution < 1.29 is 14.1 Å². The highest BCUT2D eigenvalue weighted by Crippen LogP contribution is 2.33. The van der Waals surface area contributed by atoms with E-state index in [1.54, 1.807) is 30.3 Å². The average Bonchev–Trinajstić information content (AvgIpc) is 3.36. The molecule has 1 aliphatic rings. The number of carbonyl (C=O) groups excluding carboxylic acids is 1. The van der Waals surface area contributed by atoms with Crippen molar-refractivity contribution in [1.29, 1.82) is 0 Å². The van der Waals surface area contributed by atoms with E-state index in [1.807, 2.05) is 41.3 Å². The molecule has 1 N–H and O–H groups in total. The van der Waals surface area contributed by atoms with Crippen LogP contribution < -0.4 is 10.2 Å². The third kappa shape index (κ3) is 4.56. The Morgan fingerprint density at radius 3 is 2.58 bits per heavy atom. The molecule has 0 atom stereocenters. The Labute approximate surface area is 219 Å². The Balaban J connectivity index is 1.23. The van der Waals surface area contributed by atoms with Crippen LogP contribution in [0.3, 0.4) is 0 Å². The van der Waals surface area contributed by atoms with Crippen LogP contribution in [0.1, 0.15) is 30.1 Å². The van der Waals surface area contributed by atoms with Crippen LogP contribution in [-0.2, 0) is 0 Å². The second-order valence-corrected chi connectivity index (χ2v) is 9.85. The maximum absolute atomic E-state index is 13.0. The number of anilines is 2. The number of fused-ring (bicyclic) bond motifs is 2. The zero-order chi connectivity index (χ0) is 26.2. The van der Waals surface area contributed by atoms with Crippen molar-refractivity contribution in [2.75, 3.05) is 23.3 Å². The molecule has 1 aliphatic heterocycles. The molecule has 0 saturated carbocycles. The summed E-state index contributed by atoms with van der Waals surface area (Å²) in [6.45, 7) is 3.73. The number of hydrogen-bond donors (Lipinski definition) is 1. The van der Waals surface area contributed by atoms with E-state index in [-0.39, 0.29) is 11.3 Å². The SMILES string of the molecule is CC1CCN(c2ccc(C(=O)Nc3ccc4oc(-c5ccc6ccccc6c5)nc4c3)cc2[N+](=O)[O-])CC1. The zero-order valence-electron chi connectivity index (χ0n) is 20.9. The quantitative estimate of drug-likeness (QED) is 0.203. The molecule has 0 unspecified atom stereocenters. The van der Waals surface area contributed by atoms with Crippen molar-refractivity contribution in [2.45, 2.75) is 19.8 Å². The van der Waals surface area contributed by atoms with Crippen LogP contribution >= 0.6 is 0 Å². The van der Waals surface area contributed by atoms with E-state index in [4.69, 9.17) is 4.42 Å². The summed E-state index contributed by atoms with van der Waals surface area (Å²) in [5, 5.41) is 16.9. The largest absolute Gasteiger partial charge is 0.436 e. The Morgan fingerprint density at radius 1 is 1.00 bits per heavy atom. The monoisotopic (exact) mass is 506 g/mol. The number of hydrogen-bond acceptors (Lipinski definition) is 6. The van der Waals surface area contributed by atoms with Crippen molar-refractivity contribution in [3.05, 3.63) is 94.5 Å². The Kier molecular flexibility index (Phi) is 5.99. The Morgan fingerprint density at radius 2 is 1.79 bits per heavy atom. The average molecular weight is 507 g/mol. The lowest BCUT2D eigenvalue weighted by molar-refractivity contribution is -0.384. The number of piperidine rings is 1. The summed E-state index contributed by atoms with van der Waals surface area (Å²) in [6.07, 6.45) is 1.99. The summed E-state index contributed by atoms with van der Waals surface area (Å²) < 4.78 is 5.96. The molecule has 0 aliphatic carbocycles. The minimum absolute atomic E-state index is 0.0563. The molecular weight excluding hydrogens is 480 g/mol. The molecule has 1 amide bonds. The van der Waals surface area contributed by atoms with Gasteiger partial charge in [-0.05, 0) is 72.0 Å². The fourth-order valence-corrected chi connectivity index (χ4v) is 4.98. The summed E-state index contributed by atoms with van der Waals surface area (Å²) >= 11 is 0. The fraction of sp³-hybridized carbons (Fsp3) is 0.200. The van der Waals surface area contributed by atoms with Crippen molar-refractivity contribution in [3.63, 3.8) is 0 Å². The van der Waals surface area contributed by atoms with Crippen LogP contribution in [0.2, 0.25) is 0 Å². The molecule has 2 heterocycles. The first-order valence-corrected chi connectivity index (χ1v) is 12.7. The van der Waals surface area contributed by atoms with Crippen LogP contribution in [-0.4, -0.2) is 28.9 Å². The lowest BCUT2D eigenvalue weighted by Gasteiger charge is -2.31. The van der Waals surface area contributed by atoms with Gasteiger partial charge in [0, 0.05) is 36.0 Å². The van der Waals surface area contributed by atoms with E-state index in [0.29, 0.717) is 34.3 Å². The number of nitro groups is 1. The number of amides is 1. The molecular formula is C30H26N4O4. The molecule has 8 heteroatoms. The summed E-state index contributed by atoms with van der Waals surface area (Å²) in [6, 6.07) is 24.0. The van der Waals surface area contributed by atoms with E-state index < -0.39 is 10.8 Å². The Hall–Kier alpha value is -4.72. The van der Waals surface area contributed by atoms with Crippen LogP contribution in [0.4, 0.5) is 17.1 Å². The first kappa shape index (κ1) is 23.7. The highest BCUT2D eigenvalue weighted by molar-refractivity contribution is 6.05. The number of carbonyl (C=O) groups is 1. The fourth-order valence-electron chi connectivity index (χ4n) is 4.98. The number of aromatic nitrogens is 1. The van der Waals surface area contributed by atoms with Crippen LogP contribution in [0.5, 0.6) is 0 Å². The molecule has 0 bridgehead atoms. The molecule has 0 spiro atoms. The summed E-state index contributed by atoms with van der Waals surface area (Å²) in [5.74, 6) is 0.679. The first-order chi connectivity index (χ1) is 18.4. The molecule has 1 aromatic heterocycles. The predicted molar refractivity (Wildman–Crippen MR) is 149 cm³/mol. The normalized spacial score (nSPS) is 14.2. The zero-order valence-corrected chi connectivity index (χ0v) is 20.9. The van der Waals surface area contributed by atoms with Gasteiger partial charge in [-0.25, -0.2) is 4.98 Å². The van der Waals surface area contributed by atoms with E-state index in [1.165, 1.54) is 6.07 Å². The molecule has 38 heavy (non-hydrogen) atoms. The molecule has 190 valence electrons. The van der Waals surface area contributed by atoms with Gasteiger partial charge in [-0.2, -0.15) is 0 Å². The first-order valence-electron chi connectivity index (χ1n) is 12.7. The third-order valence-electron chi connectivity index (χ3n) is 7.20. The smallest absolute Gasteiger partial charge is 0.293 e. The summed E-state index contributed by atoms with van der Waals surface area (Å²) in [4.78, 5) is 31.1. The molecule has 6 rings (SSSR count). The number of nitrogens with one attached hydrogen (secondary N) is 1. The minimum atomic E-state index is -0.426. The van der Waals surface area contributed by atoms with Gasteiger partial charge >= 0.3 is 0 Å². The van der Waals surface area contributed by atoms with Crippen molar-refractivity contribution in [3.8, 4) is 11.5 Å². The predicted octanol–water partition coefficient (Wildman–Crippen LogP) is 7.04. The topological polar surface area (TPSA) is 102 Å². The van der Waals surface area contributed by atoms with Crippen LogP contribution in [0.25, 0.3) is 33.3 Å². The molecule has 1 saturated heterocycles. The van der Waals surface area contributed by atoms with Gasteiger partial charge in [-0.15, -0.1) is 0 Å².